The van der Waals surface area contributed by atoms with E-state index >= 15 is 0 Å². The SMILES string of the molecule is O=C(Nc1ccc(-n2cnnn2)cc1)[C@@H]1CCCN1. The maximum absolute atomic E-state index is 11.9. The number of carbonyl (C=O) groups excluding carboxylic acids is 1. The molecule has 1 aromatic heterocycles. The maximum atomic E-state index is 11.9. The Morgan fingerprint density at radius 3 is 2.84 bits per heavy atom. The first-order chi connectivity index (χ1) is 9.33. The van der Waals surface area contributed by atoms with Gasteiger partial charge >= 0.3 is 0 Å². The van der Waals surface area contributed by atoms with Crippen molar-refractivity contribution < 1.29 is 4.79 Å². The van der Waals surface area contributed by atoms with Crippen molar-refractivity contribution in [3.63, 3.8) is 0 Å². The molecule has 1 atom stereocenters. The normalized spacial score (nSPS) is 18.4. The molecule has 1 saturated heterocycles. The molecule has 1 fully saturated rings. The number of benzene rings is 1. The van der Waals surface area contributed by atoms with Gasteiger partial charge in [-0.1, -0.05) is 0 Å². The average molecular weight is 258 g/mol. The zero-order valence-corrected chi connectivity index (χ0v) is 10.3. The lowest BCUT2D eigenvalue weighted by Gasteiger charge is -2.11. The Labute approximate surface area is 110 Å². The van der Waals surface area contributed by atoms with Gasteiger partial charge in [-0.2, -0.15) is 0 Å². The molecule has 3 rings (SSSR count). The van der Waals surface area contributed by atoms with Crippen molar-refractivity contribution in [1.82, 2.24) is 25.5 Å². The van der Waals surface area contributed by atoms with Gasteiger partial charge in [0.05, 0.1) is 11.7 Å². The highest BCUT2D eigenvalue weighted by molar-refractivity contribution is 5.95. The summed E-state index contributed by atoms with van der Waals surface area (Å²) in [4.78, 5) is 11.9. The van der Waals surface area contributed by atoms with E-state index in [0.29, 0.717) is 0 Å². The van der Waals surface area contributed by atoms with Crippen LogP contribution in [0.25, 0.3) is 5.69 Å². The second-order valence-electron chi connectivity index (χ2n) is 4.44. The average Bonchev–Trinajstić information content (AvgIpc) is 3.13. The Morgan fingerprint density at radius 2 is 2.21 bits per heavy atom. The van der Waals surface area contributed by atoms with Crippen molar-refractivity contribution in [2.45, 2.75) is 18.9 Å². The number of carbonyl (C=O) groups is 1. The fourth-order valence-electron chi connectivity index (χ4n) is 2.11. The lowest BCUT2D eigenvalue weighted by atomic mass is 10.2. The van der Waals surface area contributed by atoms with E-state index in [4.69, 9.17) is 0 Å². The highest BCUT2D eigenvalue weighted by Crippen LogP contribution is 2.13. The molecule has 0 unspecified atom stereocenters. The summed E-state index contributed by atoms with van der Waals surface area (Å²) in [5.41, 5.74) is 1.62. The summed E-state index contributed by atoms with van der Waals surface area (Å²) in [6.45, 7) is 0.913. The molecule has 0 saturated carbocycles. The second kappa shape index (κ2) is 5.15. The van der Waals surface area contributed by atoms with Gasteiger partial charge in [-0.3, -0.25) is 4.79 Å². The van der Waals surface area contributed by atoms with Crippen molar-refractivity contribution in [2.75, 3.05) is 11.9 Å². The maximum Gasteiger partial charge on any atom is 0.241 e. The molecule has 0 aliphatic carbocycles. The van der Waals surface area contributed by atoms with Crippen molar-refractivity contribution in [3.05, 3.63) is 30.6 Å². The molecular formula is C12H14N6O. The van der Waals surface area contributed by atoms with Crippen LogP contribution in [-0.2, 0) is 4.79 Å². The summed E-state index contributed by atoms with van der Waals surface area (Å²) in [7, 11) is 0. The molecule has 98 valence electrons. The van der Waals surface area contributed by atoms with Gasteiger partial charge in [0.25, 0.3) is 0 Å². The van der Waals surface area contributed by atoms with Crippen LogP contribution in [0.2, 0.25) is 0 Å². The minimum Gasteiger partial charge on any atom is -0.325 e. The van der Waals surface area contributed by atoms with E-state index in [1.54, 1.807) is 4.68 Å². The molecule has 19 heavy (non-hydrogen) atoms. The molecule has 1 aromatic carbocycles. The summed E-state index contributed by atoms with van der Waals surface area (Å²) >= 11 is 0. The van der Waals surface area contributed by atoms with Crippen LogP contribution in [0.5, 0.6) is 0 Å². The topological polar surface area (TPSA) is 84.7 Å². The van der Waals surface area contributed by atoms with E-state index in [0.717, 1.165) is 30.8 Å². The quantitative estimate of drug-likeness (QED) is 0.830. The molecule has 1 aliphatic rings. The standard InChI is InChI=1S/C12H14N6O/c19-12(11-2-1-7-13-11)15-9-3-5-10(6-4-9)18-8-14-16-17-18/h3-6,8,11,13H,1-2,7H2,(H,15,19)/t11-/m0/s1. The van der Waals surface area contributed by atoms with Crippen molar-refractivity contribution in [3.8, 4) is 5.69 Å². The summed E-state index contributed by atoms with van der Waals surface area (Å²) in [5, 5.41) is 17.0. The first-order valence-corrected chi connectivity index (χ1v) is 6.20. The smallest absolute Gasteiger partial charge is 0.241 e. The number of aromatic nitrogens is 4. The van der Waals surface area contributed by atoms with E-state index in [9.17, 15) is 4.79 Å². The summed E-state index contributed by atoms with van der Waals surface area (Å²) < 4.78 is 1.56. The van der Waals surface area contributed by atoms with Gasteiger partial charge in [-0.15, -0.1) is 5.10 Å². The summed E-state index contributed by atoms with van der Waals surface area (Å²) in [6, 6.07) is 7.31. The van der Waals surface area contributed by atoms with Gasteiger partial charge in [-0.05, 0) is 54.1 Å². The van der Waals surface area contributed by atoms with E-state index in [1.807, 2.05) is 24.3 Å². The predicted molar refractivity (Wildman–Crippen MR) is 68.8 cm³/mol. The van der Waals surface area contributed by atoms with Crippen LogP contribution < -0.4 is 10.6 Å². The third kappa shape index (κ3) is 2.60. The van der Waals surface area contributed by atoms with Crippen LogP contribution in [0.15, 0.2) is 30.6 Å². The Morgan fingerprint density at radius 1 is 1.37 bits per heavy atom. The molecular weight excluding hydrogens is 244 g/mol. The van der Waals surface area contributed by atoms with Crippen LogP contribution >= 0.6 is 0 Å². The van der Waals surface area contributed by atoms with Crippen LogP contribution in [0, 0.1) is 0 Å². The first kappa shape index (κ1) is 11.8. The Kier molecular flexibility index (Phi) is 3.20. The predicted octanol–water partition coefficient (Wildman–Crippen LogP) is 0.353. The van der Waals surface area contributed by atoms with Gasteiger partial charge in [-0.25, -0.2) is 4.68 Å². The molecule has 0 spiro atoms. The Hall–Kier alpha value is -2.28. The highest BCUT2D eigenvalue weighted by Gasteiger charge is 2.21. The fraction of sp³-hybridized carbons (Fsp3) is 0.333. The lowest BCUT2D eigenvalue weighted by Crippen LogP contribution is -2.35. The number of hydrogen-bond donors (Lipinski definition) is 2. The minimum absolute atomic E-state index is 0.0210. The van der Waals surface area contributed by atoms with Crippen LogP contribution in [0.1, 0.15) is 12.8 Å². The number of hydrogen-bond acceptors (Lipinski definition) is 5. The van der Waals surface area contributed by atoms with E-state index < -0.39 is 0 Å². The first-order valence-electron chi connectivity index (χ1n) is 6.20. The monoisotopic (exact) mass is 258 g/mol. The number of anilines is 1. The van der Waals surface area contributed by atoms with Gasteiger partial charge in [0.1, 0.15) is 6.33 Å². The van der Waals surface area contributed by atoms with Gasteiger partial charge in [0.15, 0.2) is 0 Å². The van der Waals surface area contributed by atoms with Gasteiger partial charge in [0, 0.05) is 5.69 Å². The molecule has 0 radical (unpaired) electrons. The van der Waals surface area contributed by atoms with Gasteiger partial charge < -0.3 is 10.6 Å². The Bertz CT molecular complexity index is 544. The number of nitrogens with one attached hydrogen (secondary N) is 2. The van der Waals surface area contributed by atoms with E-state index in [2.05, 4.69) is 26.2 Å². The lowest BCUT2D eigenvalue weighted by molar-refractivity contribution is -0.117. The molecule has 1 amide bonds. The van der Waals surface area contributed by atoms with Crippen molar-refractivity contribution in [2.24, 2.45) is 0 Å². The third-order valence-corrected chi connectivity index (χ3v) is 3.13. The zero-order chi connectivity index (χ0) is 13.1. The van der Waals surface area contributed by atoms with Crippen molar-refractivity contribution in [1.29, 1.82) is 0 Å². The molecule has 2 N–H and O–H groups in total. The molecule has 1 aliphatic heterocycles. The van der Waals surface area contributed by atoms with Gasteiger partial charge in [0.2, 0.25) is 5.91 Å². The molecule has 7 nitrogen and oxygen atoms in total. The fourth-order valence-corrected chi connectivity index (χ4v) is 2.11. The van der Waals surface area contributed by atoms with Crippen LogP contribution in [0.3, 0.4) is 0 Å². The van der Waals surface area contributed by atoms with E-state index in [1.165, 1.54) is 6.33 Å². The number of rotatable bonds is 3. The van der Waals surface area contributed by atoms with Crippen molar-refractivity contribution >= 4 is 11.6 Å². The summed E-state index contributed by atoms with van der Waals surface area (Å²) in [6.07, 6.45) is 3.47. The molecule has 2 aromatic rings. The van der Waals surface area contributed by atoms with Crippen LogP contribution in [-0.4, -0.2) is 38.7 Å². The highest BCUT2D eigenvalue weighted by atomic mass is 16.2. The molecule has 7 heteroatoms. The largest absolute Gasteiger partial charge is 0.325 e. The third-order valence-electron chi connectivity index (χ3n) is 3.13. The minimum atomic E-state index is -0.0702. The number of amides is 1. The number of tetrazole rings is 1. The van der Waals surface area contributed by atoms with Crippen LogP contribution in [0.4, 0.5) is 5.69 Å². The number of nitrogens with zero attached hydrogens (tertiary/aromatic N) is 4. The Balaban J connectivity index is 1.67. The molecule has 0 bridgehead atoms. The summed E-state index contributed by atoms with van der Waals surface area (Å²) in [5.74, 6) is 0.0210. The zero-order valence-electron chi connectivity index (χ0n) is 10.3. The molecule has 2 heterocycles. The van der Waals surface area contributed by atoms with E-state index in [-0.39, 0.29) is 11.9 Å². The second-order valence-corrected chi connectivity index (χ2v) is 4.44.